The molecule has 1 fully saturated rings. The molecule has 5 nitrogen and oxygen atoms in total. The van der Waals surface area contributed by atoms with Crippen LogP contribution in [0.2, 0.25) is 0 Å². The lowest BCUT2D eigenvalue weighted by Gasteiger charge is -2.24. The van der Waals surface area contributed by atoms with Gasteiger partial charge in [0.05, 0.1) is 0 Å². The van der Waals surface area contributed by atoms with Crippen LogP contribution in [0.1, 0.15) is 38.2 Å². The van der Waals surface area contributed by atoms with Crippen LogP contribution in [0.4, 0.5) is 4.79 Å². The van der Waals surface area contributed by atoms with Crippen molar-refractivity contribution < 1.29 is 14.3 Å². The number of hydrogen-bond donors (Lipinski definition) is 1. The second-order valence-electron chi connectivity index (χ2n) is 5.67. The predicted molar refractivity (Wildman–Crippen MR) is 84.3 cm³/mol. The molecule has 1 aliphatic heterocycles. The van der Waals surface area contributed by atoms with Gasteiger partial charge in [0.25, 0.3) is 0 Å². The summed E-state index contributed by atoms with van der Waals surface area (Å²) >= 11 is 0. The van der Waals surface area contributed by atoms with E-state index in [1.165, 1.54) is 12.8 Å². The monoisotopic (exact) mass is 304 g/mol. The number of ether oxygens (including phenoxy) is 1. The zero-order valence-corrected chi connectivity index (χ0v) is 13.1. The molecule has 2 rings (SSSR count). The van der Waals surface area contributed by atoms with E-state index in [2.05, 4.69) is 5.32 Å². The normalized spacial score (nSPS) is 16.5. The topological polar surface area (TPSA) is 58.6 Å². The Morgan fingerprint density at radius 3 is 2.41 bits per heavy atom. The molecule has 0 aromatic heterocycles. The van der Waals surface area contributed by atoms with Crippen molar-refractivity contribution in [3.63, 3.8) is 0 Å². The fourth-order valence-electron chi connectivity index (χ4n) is 2.57. The summed E-state index contributed by atoms with van der Waals surface area (Å²) in [6.45, 7) is 3.47. The summed E-state index contributed by atoms with van der Waals surface area (Å²) in [6.07, 6.45) is 3.86. The molecule has 1 saturated heterocycles. The van der Waals surface area contributed by atoms with Crippen LogP contribution in [0.15, 0.2) is 30.3 Å². The van der Waals surface area contributed by atoms with E-state index in [1.54, 1.807) is 6.92 Å². The Labute approximate surface area is 131 Å². The fourth-order valence-corrected chi connectivity index (χ4v) is 2.57. The SMILES string of the molecule is CC(NC(=O)OCc1ccccc1)C(=O)N1CCCCCC1. The van der Waals surface area contributed by atoms with Gasteiger partial charge in [0.2, 0.25) is 5.91 Å². The van der Waals surface area contributed by atoms with Crippen molar-refractivity contribution in [2.75, 3.05) is 13.1 Å². The van der Waals surface area contributed by atoms with Crippen LogP contribution in [0.3, 0.4) is 0 Å². The summed E-state index contributed by atoms with van der Waals surface area (Å²) in [4.78, 5) is 25.9. The molecular weight excluding hydrogens is 280 g/mol. The molecule has 0 spiro atoms. The number of carbonyl (C=O) groups is 2. The van der Waals surface area contributed by atoms with Gasteiger partial charge in [0.15, 0.2) is 0 Å². The van der Waals surface area contributed by atoms with Crippen molar-refractivity contribution in [2.24, 2.45) is 0 Å². The van der Waals surface area contributed by atoms with Gasteiger partial charge in [-0.25, -0.2) is 4.79 Å². The summed E-state index contributed by atoms with van der Waals surface area (Å²) in [5, 5.41) is 2.62. The lowest BCUT2D eigenvalue weighted by molar-refractivity contribution is -0.132. The van der Waals surface area contributed by atoms with Gasteiger partial charge in [-0.1, -0.05) is 43.2 Å². The number of alkyl carbamates (subject to hydrolysis) is 1. The van der Waals surface area contributed by atoms with Gasteiger partial charge in [0.1, 0.15) is 12.6 Å². The predicted octanol–water partition coefficient (Wildman–Crippen LogP) is 2.70. The second kappa shape index (κ2) is 8.41. The Morgan fingerprint density at radius 1 is 1.14 bits per heavy atom. The van der Waals surface area contributed by atoms with Crippen LogP contribution in [0.25, 0.3) is 0 Å². The van der Waals surface area contributed by atoms with Gasteiger partial charge in [0, 0.05) is 13.1 Å². The third-order valence-electron chi connectivity index (χ3n) is 3.84. The number of amides is 2. The highest BCUT2D eigenvalue weighted by Crippen LogP contribution is 2.11. The smallest absolute Gasteiger partial charge is 0.408 e. The van der Waals surface area contributed by atoms with Crippen LogP contribution in [0.5, 0.6) is 0 Å². The maximum absolute atomic E-state index is 12.3. The van der Waals surface area contributed by atoms with Crippen molar-refractivity contribution >= 4 is 12.0 Å². The highest BCUT2D eigenvalue weighted by molar-refractivity contribution is 5.85. The molecule has 1 aliphatic rings. The van der Waals surface area contributed by atoms with Gasteiger partial charge < -0.3 is 15.0 Å². The summed E-state index contributed by atoms with van der Waals surface area (Å²) < 4.78 is 5.14. The van der Waals surface area contributed by atoms with Crippen LogP contribution >= 0.6 is 0 Å². The molecule has 0 saturated carbocycles. The summed E-state index contributed by atoms with van der Waals surface area (Å²) in [5.41, 5.74) is 0.921. The quantitative estimate of drug-likeness (QED) is 0.930. The van der Waals surface area contributed by atoms with Crippen molar-refractivity contribution in [2.45, 2.75) is 45.3 Å². The fraction of sp³-hybridized carbons (Fsp3) is 0.529. The first-order valence-corrected chi connectivity index (χ1v) is 7.93. The Hall–Kier alpha value is -2.04. The molecule has 0 radical (unpaired) electrons. The highest BCUT2D eigenvalue weighted by atomic mass is 16.5. The molecule has 120 valence electrons. The van der Waals surface area contributed by atoms with E-state index in [9.17, 15) is 9.59 Å². The van der Waals surface area contributed by atoms with Crippen LogP contribution < -0.4 is 5.32 Å². The molecule has 1 atom stereocenters. The first-order chi connectivity index (χ1) is 10.7. The van der Waals surface area contributed by atoms with Crippen LogP contribution in [-0.4, -0.2) is 36.0 Å². The molecule has 1 heterocycles. The first kappa shape index (κ1) is 16.3. The molecular formula is C17H24N2O3. The van der Waals surface area contributed by atoms with E-state index >= 15 is 0 Å². The van der Waals surface area contributed by atoms with Crippen LogP contribution in [-0.2, 0) is 16.1 Å². The van der Waals surface area contributed by atoms with E-state index in [-0.39, 0.29) is 12.5 Å². The Bertz CT molecular complexity index is 482. The Morgan fingerprint density at radius 2 is 1.77 bits per heavy atom. The molecule has 1 aromatic carbocycles. The maximum atomic E-state index is 12.3. The summed E-state index contributed by atoms with van der Waals surface area (Å²) in [7, 11) is 0. The minimum atomic E-state index is -0.556. The molecule has 0 bridgehead atoms. The van der Waals surface area contributed by atoms with E-state index < -0.39 is 12.1 Å². The number of likely N-dealkylation sites (tertiary alicyclic amines) is 1. The maximum Gasteiger partial charge on any atom is 0.408 e. The van der Waals surface area contributed by atoms with Crippen molar-refractivity contribution in [1.29, 1.82) is 0 Å². The lowest BCUT2D eigenvalue weighted by atomic mass is 10.2. The van der Waals surface area contributed by atoms with Gasteiger partial charge in [-0.3, -0.25) is 4.79 Å². The van der Waals surface area contributed by atoms with Crippen molar-refractivity contribution in [1.82, 2.24) is 10.2 Å². The summed E-state index contributed by atoms with van der Waals surface area (Å²) in [6, 6.07) is 8.91. The van der Waals surface area contributed by atoms with Gasteiger partial charge in [-0.15, -0.1) is 0 Å². The highest BCUT2D eigenvalue weighted by Gasteiger charge is 2.23. The Kier molecular flexibility index (Phi) is 6.25. The molecule has 1 unspecified atom stereocenters. The number of hydrogen-bond acceptors (Lipinski definition) is 3. The number of benzene rings is 1. The number of carbonyl (C=O) groups excluding carboxylic acids is 2. The van der Waals surface area contributed by atoms with Crippen molar-refractivity contribution in [3.05, 3.63) is 35.9 Å². The molecule has 1 N–H and O–H groups in total. The lowest BCUT2D eigenvalue weighted by Crippen LogP contribution is -2.47. The largest absolute Gasteiger partial charge is 0.445 e. The minimum Gasteiger partial charge on any atom is -0.445 e. The van der Waals surface area contributed by atoms with E-state index in [0.29, 0.717) is 0 Å². The third-order valence-corrected chi connectivity index (χ3v) is 3.84. The average molecular weight is 304 g/mol. The van der Waals surface area contributed by atoms with E-state index in [1.807, 2.05) is 35.2 Å². The second-order valence-corrected chi connectivity index (χ2v) is 5.67. The van der Waals surface area contributed by atoms with Crippen LogP contribution in [0, 0.1) is 0 Å². The van der Waals surface area contributed by atoms with Gasteiger partial charge in [-0.2, -0.15) is 0 Å². The molecule has 1 aromatic rings. The standard InChI is InChI=1S/C17H24N2O3/c1-14(16(20)19-11-7-2-3-8-12-19)18-17(21)22-13-15-9-5-4-6-10-15/h4-6,9-10,14H,2-3,7-8,11-13H2,1H3,(H,18,21). The molecule has 22 heavy (non-hydrogen) atoms. The zero-order valence-electron chi connectivity index (χ0n) is 13.1. The molecule has 5 heteroatoms. The zero-order chi connectivity index (χ0) is 15.8. The number of nitrogens with one attached hydrogen (secondary N) is 1. The Balaban J connectivity index is 1.76. The van der Waals surface area contributed by atoms with Crippen molar-refractivity contribution in [3.8, 4) is 0 Å². The average Bonchev–Trinajstić information content (AvgIpc) is 2.82. The van der Waals surface area contributed by atoms with Gasteiger partial charge in [-0.05, 0) is 25.3 Å². The number of nitrogens with zero attached hydrogens (tertiary/aromatic N) is 1. The van der Waals surface area contributed by atoms with Gasteiger partial charge >= 0.3 is 6.09 Å². The molecule has 2 amide bonds. The number of rotatable bonds is 4. The first-order valence-electron chi connectivity index (χ1n) is 7.93. The third kappa shape index (κ3) is 5.06. The molecule has 0 aliphatic carbocycles. The minimum absolute atomic E-state index is 0.0291. The van der Waals surface area contributed by atoms with E-state index in [0.717, 1.165) is 31.5 Å². The summed E-state index contributed by atoms with van der Waals surface area (Å²) in [5.74, 6) is -0.0291. The van der Waals surface area contributed by atoms with E-state index in [4.69, 9.17) is 4.74 Å².